The lowest BCUT2D eigenvalue weighted by Gasteiger charge is -2.03. The van der Waals surface area contributed by atoms with Gasteiger partial charge in [0.15, 0.2) is 0 Å². The van der Waals surface area contributed by atoms with Crippen molar-refractivity contribution < 1.29 is 12.8 Å². The summed E-state index contributed by atoms with van der Waals surface area (Å²) < 4.78 is 36.5. The quantitative estimate of drug-likeness (QED) is 0.680. The molecule has 0 aliphatic rings. The highest BCUT2D eigenvalue weighted by Gasteiger charge is 2.12. The molecule has 110 valence electrons. The molecule has 0 saturated carbocycles. The molecule has 0 saturated heterocycles. The van der Waals surface area contributed by atoms with Crippen LogP contribution in [0.4, 0.5) is 4.39 Å². The van der Waals surface area contributed by atoms with Gasteiger partial charge in [0, 0.05) is 5.56 Å². The van der Waals surface area contributed by atoms with E-state index in [0.717, 1.165) is 24.3 Å². The van der Waals surface area contributed by atoms with Gasteiger partial charge in [-0.05, 0) is 30.3 Å². The number of hydrogen-bond acceptors (Lipinski definition) is 3. The highest BCUT2D eigenvalue weighted by atomic mass is 35.5. The Morgan fingerprint density at radius 3 is 2.43 bits per heavy atom. The molecule has 0 aliphatic carbocycles. The summed E-state index contributed by atoms with van der Waals surface area (Å²) in [6, 6.07) is 9.26. The molecule has 0 fully saturated rings. The number of benzene rings is 2. The minimum absolute atomic E-state index is 0.0989. The molecule has 0 amide bonds. The summed E-state index contributed by atoms with van der Waals surface area (Å²) in [6.45, 7) is 0. The minimum Gasteiger partial charge on any atom is -0.207 e. The second kappa shape index (κ2) is 6.43. The summed E-state index contributed by atoms with van der Waals surface area (Å²) >= 11 is 11.8. The average molecular weight is 347 g/mol. The highest BCUT2D eigenvalue weighted by Crippen LogP contribution is 2.24. The number of sulfonamides is 1. The first-order chi connectivity index (χ1) is 9.90. The summed E-state index contributed by atoms with van der Waals surface area (Å²) in [5.41, 5.74) is 0.464. The Morgan fingerprint density at radius 2 is 1.76 bits per heavy atom. The molecule has 0 atom stereocenters. The van der Waals surface area contributed by atoms with Crippen LogP contribution >= 0.6 is 23.2 Å². The van der Waals surface area contributed by atoms with E-state index in [9.17, 15) is 12.8 Å². The van der Waals surface area contributed by atoms with E-state index in [1.165, 1.54) is 6.21 Å². The molecular weight excluding hydrogens is 338 g/mol. The van der Waals surface area contributed by atoms with Crippen LogP contribution in [0.5, 0.6) is 0 Å². The Hall–Kier alpha value is -1.63. The molecule has 2 rings (SSSR count). The molecule has 0 aliphatic heterocycles. The van der Waals surface area contributed by atoms with Crippen molar-refractivity contribution in [2.45, 2.75) is 4.90 Å². The first-order valence-corrected chi connectivity index (χ1v) is 7.88. The number of nitrogens with zero attached hydrogens (tertiary/aromatic N) is 1. The molecule has 0 spiro atoms. The maximum atomic E-state index is 12.8. The van der Waals surface area contributed by atoms with Gasteiger partial charge in [0.05, 0.1) is 21.2 Å². The van der Waals surface area contributed by atoms with Gasteiger partial charge in [0.1, 0.15) is 5.82 Å². The second-order valence-corrected chi connectivity index (χ2v) is 6.40. The van der Waals surface area contributed by atoms with E-state index in [-0.39, 0.29) is 9.92 Å². The fourth-order valence-corrected chi connectivity index (χ4v) is 2.60. The van der Waals surface area contributed by atoms with E-state index < -0.39 is 15.8 Å². The van der Waals surface area contributed by atoms with E-state index in [2.05, 4.69) is 5.10 Å². The van der Waals surface area contributed by atoms with Crippen molar-refractivity contribution in [2.75, 3.05) is 0 Å². The van der Waals surface area contributed by atoms with Gasteiger partial charge in [0.2, 0.25) is 0 Å². The van der Waals surface area contributed by atoms with Gasteiger partial charge in [-0.2, -0.15) is 13.5 Å². The van der Waals surface area contributed by atoms with Crippen molar-refractivity contribution in [3.05, 3.63) is 63.9 Å². The van der Waals surface area contributed by atoms with E-state index in [4.69, 9.17) is 23.2 Å². The van der Waals surface area contributed by atoms with Gasteiger partial charge in [-0.1, -0.05) is 35.3 Å². The lowest BCUT2D eigenvalue weighted by atomic mass is 10.2. The fourth-order valence-electron chi connectivity index (χ4n) is 1.45. The van der Waals surface area contributed by atoms with Crippen LogP contribution in [-0.4, -0.2) is 14.6 Å². The first-order valence-electron chi connectivity index (χ1n) is 5.64. The van der Waals surface area contributed by atoms with Crippen molar-refractivity contribution in [2.24, 2.45) is 5.10 Å². The Morgan fingerprint density at radius 1 is 1.10 bits per heavy atom. The number of halogens is 3. The molecular formula is C13H9Cl2FN2O2S. The van der Waals surface area contributed by atoms with E-state index >= 15 is 0 Å². The van der Waals surface area contributed by atoms with Crippen LogP contribution < -0.4 is 4.83 Å². The standard InChI is InChI=1S/C13H9Cl2FN2O2S/c14-12-3-1-2-9(13(12)15)8-17-18-21(19,20)11-6-4-10(16)5-7-11/h1-8,18H/b17-8+. The molecule has 8 heteroatoms. The van der Waals surface area contributed by atoms with E-state index in [1.54, 1.807) is 18.2 Å². The Balaban J connectivity index is 2.16. The summed E-state index contributed by atoms with van der Waals surface area (Å²) in [5.74, 6) is -0.525. The summed E-state index contributed by atoms with van der Waals surface area (Å²) in [5, 5.41) is 4.22. The van der Waals surface area contributed by atoms with Gasteiger partial charge >= 0.3 is 0 Å². The van der Waals surface area contributed by atoms with E-state index in [0.29, 0.717) is 10.6 Å². The molecule has 1 N–H and O–H groups in total. The molecule has 0 unspecified atom stereocenters. The lowest BCUT2D eigenvalue weighted by Crippen LogP contribution is -2.18. The van der Waals surface area contributed by atoms with Crippen LogP contribution in [0.3, 0.4) is 0 Å². The largest absolute Gasteiger partial charge is 0.276 e. The van der Waals surface area contributed by atoms with Crippen LogP contribution in [0.15, 0.2) is 52.5 Å². The molecule has 0 aromatic heterocycles. The van der Waals surface area contributed by atoms with Gasteiger partial charge in [-0.25, -0.2) is 9.22 Å². The Kier molecular flexibility index (Phi) is 4.82. The zero-order valence-electron chi connectivity index (χ0n) is 10.4. The number of hydrazone groups is 1. The molecule has 2 aromatic rings. The summed E-state index contributed by atoms with van der Waals surface area (Å²) in [6.07, 6.45) is 1.23. The maximum Gasteiger partial charge on any atom is 0.276 e. The van der Waals surface area contributed by atoms with Crippen molar-refractivity contribution in [3.8, 4) is 0 Å². The molecule has 0 bridgehead atoms. The molecule has 0 heterocycles. The van der Waals surface area contributed by atoms with Crippen LogP contribution in [-0.2, 0) is 10.0 Å². The van der Waals surface area contributed by atoms with Crippen LogP contribution in [0.1, 0.15) is 5.56 Å². The smallest absolute Gasteiger partial charge is 0.207 e. The van der Waals surface area contributed by atoms with Gasteiger partial charge in [-0.15, -0.1) is 0 Å². The number of rotatable bonds is 4. The van der Waals surface area contributed by atoms with Gasteiger partial charge in [0.25, 0.3) is 10.0 Å². The monoisotopic (exact) mass is 346 g/mol. The maximum absolute atomic E-state index is 12.8. The zero-order valence-corrected chi connectivity index (χ0v) is 12.8. The van der Waals surface area contributed by atoms with E-state index in [1.807, 2.05) is 4.83 Å². The summed E-state index contributed by atoms with van der Waals surface area (Å²) in [7, 11) is -3.86. The molecule has 0 radical (unpaired) electrons. The van der Waals surface area contributed by atoms with Crippen molar-refractivity contribution >= 4 is 39.4 Å². The van der Waals surface area contributed by atoms with Crippen LogP contribution in [0.25, 0.3) is 0 Å². The molecule has 2 aromatic carbocycles. The first kappa shape index (κ1) is 15.8. The zero-order chi connectivity index (χ0) is 15.5. The van der Waals surface area contributed by atoms with Gasteiger partial charge in [-0.3, -0.25) is 0 Å². The number of nitrogens with one attached hydrogen (secondary N) is 1. The Labute approximate surface area is 131 Å². The minimum atomic E-state index is -3.86. The van der Waals surface area contributed by atoms with Gasteiger partial charge < -0.3 is 0 Å². The van der Waals surface area contributed by atoms with Crippen LogP contribution in [0, 0.1) is 5.82 Å². The Bertz CT molecular complexity index is 777. The second-order valence-electron chi connectivity index (χ2n) is 3.95. The molecule has 4 nitrogen and oxygen atoms in total. The number of hydrogen-bond donors (Lipinski definition) is 1. The highest BCUT2D eigenvalue weighted by molar-refractivity contribution is 7.89. The third kappa shape index (κ3) is 3.93. The predicted molar refractivity (Wildman–Crippen MR) is 80.8 cm³/mol. The lowest BCUT2D eigenvalue weighted by molar-refractivity contribution is 0.583. The predicted octanol–water partition coefficient (Wildman–Crippen LogP) is 3.44. The van der Waals surface area contributed by atoms with Crippen molar-refractivity contribution in [1.82, 2.24) is 4.83 Å². The summed E-state index contributed by atoms with van der Waals surface area (Å²) in [4.78, 5) is 1.91. The topological polar surface area (TPSA) is 58.5 Å². The normalized spacial score (nSPS) is 11.8. The van der Waals surface area contributed by atoms with Crippen LogP contribution in [0.2, 0.25) is 10.0 Å². The van der Waals surface area contributed by atoms with Crippen molar-refractivity contribution in [3.63, 3.8) is 0 Å². The third-order valence-electron chi connectivity index (χ3n) is 2.48. The SMILES string of the molecule is O=S(=O)(N/N=C/c1cccc(Cl)c1Cl)c1ccc(F)cc1. The fraction of sp³-hybridized carbons (Fsp3) is 0. The van der Waals surface area contributed by atoms with Crippen molar-refractivity contribution in [1.29, 1.82) is 0 Å². The molecule has 21 heavy (non-hydrogen) atoms. The average Bonchev–Trinajstić information content (AvgIpc) is 2.44. The third-order valence-corrected chi connectivity index (χ3v) is 4.55.